The topological polar surface area (TPSA) is 82.9 Å². The van der Waals surface area contributed by atoms with Gasteiger partial charge < -0.3 is 14.8 Å². The molecule has 2 N–H and O–H groups in total. The standard InChI is InChI=1S/C17H17N5OS2/c1-10(2)20-17-22-15(9-25-17)14-8-16(23-24)12-4-3-11(19-6-5-18)7-13(12)21-14/h3-4,7-10,19,24H,6H2,1-2H3,(H,20,22). The zero-order valence-electron chi connectivity index (χ0n) is 13.8. The third kappa shape index (κ3) is 3.95. The highest BCUT2D eigenvalue weighted by atomic mass is 32.1. The normalized spacial score (nSPS) is 10.7. The van der Waals surface area contributed by atoms with Crippen LogP contribution in [0.4, 0.5) is 10.8 Å². The van der Waals surface area contributed by atoms with E-state index >= 15 is 0 Å². The van der Waals surface area contributed by atoms with Gasteiger partial charge in [-0.05, 0) is 32.0 Å². The van der Waals surface area contributed by atoms with Crippen LogP contribution in [0.15, 0.2) is 29.6 Å². The van der Waals surface area contributed by atoms with Gasteiger partial charge in [0.2, 0.25) is 0 Å². The van der Waals surface area contributed by atoms with Crippen LogP contribution in [0.2, 0.25) is 0 Å². The maximum absolute atomic E-state index is 8.71. The SMILES string of the molecule is CC(C)Nc1nc(-c2cc(OS)c3ccc(NCC#N)cc3n2)cs1. The lowest BCUT2D eigenvalue weighted by atomic mass is 10.1. The Balaban J connectivity index is 2.03. The van der Waals surface area contributed by atoms with E-state index in [1.807, 2.05) is 29.6 Å². The number of thiazole rings is 1. The van der Waals surface area contributed by atoms with Gasteiger partial charge >= 0.3 is 0 Å². The van der Waals surface area contributed by atoms with Gasteiger partial charge in [0.15, 0.2) is 5.13 Å². The van der Waals surface area contributed by atoms with Crippen LogP contribution >= 0.6 is 24.2 Å². The molecule has 128 valence electrons. The van der Waals surface area contributed by atoms with Crippen LogP contribution in [-0.4, -0.2) is 22.6 Å². The van der Waals surface area contributed by atoms with Gasteiger partial charge in [0, 0.05) is 41.5 Å². The molecule has 0 fully saturated rings. The minimum Gasteiger partial charge on any atom is -0.428 e. The van der Waals surface area contributed by atoms with Crippen LogP contribution in [-0.2, 0) is 0 Å². The van der Waals surface area contributed by atoms with E-state index in [2.05, 4.69) is 48.4 Å². The Labute approximate surface area is 155 Å². The molecule has 0 radical (unpaired) electrons. The Kier molecular flexibility index (Phi) is 5.26. The quantitative estimate of drug-likeness (QED) is 0.340. The van der Waals surface area contributed by atoms with Crippen molar-refractivity contribution < 1.29 is 4.18 Å². The second kappa shape index (κ2) is 7.59. The van der Waals surface area contributed by atoms with Crippen molar-refractivity contribution in [1.82, 2.24) is 9.97 Å². The van der Waals surface area contributed by atoms with E-state index in [0.717, 1.165) is 27.4 Å². The highest BCUT2D eigenvalue weighted by Crippen LogP contribution is 2.33. The van der Waals surface area contributed by atoms with Gasteiger partial charge in [0.05, 0.1) is 17.3 Å². The first-order valence-corrected chi connectivity index (χ1v) is 8.94. The molecule has 0 aliphatic rings. The monoisotopic (exact) mass is 371 g/mol. The molecule has 0 aliphatic carbocycles. The number of aromatic nitrogens is 2. The van der Waals surface area contributed by atoms with Gasteiger partial charge in [-0.2, -0.15) is 5.26 Å². The summed E-state index contributed by atoms with van der Waals surface area (Å²) in [6.45, 7) is 4.37. The number of hydrogen-bond donors (Lipinski definition) is 3. The molecule has 0 saturated carbocycles. The Morgan fingerprint density at radius 3 is 2.84 bits per heavy atom. The third-order valence-electron chi connectivity index (χ3n) is 3.42. The summed E-state index contributed by atoms with van der Waals surface area (Å²) in [6.07, 6.45) is 0. The maximum Gasteiger partial charge on any atom is 0.183 e. The summed E-state index contributed by atoms with van der Waals surface area (Å²) in [5, 5.41) is 18.7. The van der Waals surface area contributed by atoms with Crippen molar-refractivity contribution in [2.24, 2.45) is 0 Å². The van der Waals surface area contributed by atoms with Gasteiger partial charge in [-0.15, -0.1) is 11.3 Å². The van der Waals surface area contributed by atoms with E-state index < -0.39 is 0 Å². The number of rotatable bonds is 6. The Morgan fingerprint density at radius 1 is 1.28 bits per heavy atom. The van der Waals surface area contributed by atoms with Crippen molar-refractivity contribution in [3.8, 4) is 23.2 Å². The smallest absolute Gasteiger partial charge is 0.183 e. The summed E-state index contributed by atoms with van der Waals surface area (Å²) < 4.78 is 5.22. The molecule has 0 amide bonds. The summed E-state index contributed by atoms with van der Waals surface area (Å²) >= 11 is 5.50. The van der Waals surface area contributed by atoms with Crippen molar-refractivity contribution >= 4 is 46.0 Å². The Morgan fingerprint density at radius 2 is 2.12 bits per heavy atom. The van der Waals surface area contributed by atoms with Gasteiger partial charge in [-0.25, -0.2) is 9.97 Å². The van der Waals surface area contributed by atoms with Crippen molar-refractivity contribution in [2.75, 3.05) is 17.2 Å². The number of nitriles is 1. The lowest BCUT2D eigenvalue weighted by Crippen LogP contribution is -2.09. The number of pyridine rings is 1. The molecule has 2 heterocycles. The largest absolute Gasteiger partial charge is 0.428 e. The summed E-state index contributed by atoms with van der Waals surface area (Å²) in [6, 6.07) is 9.85. The average Bonchev–Trinajstić information content (AvgIpc) is 3.06. The molecule has 25 heavy (non-hydrogen) atoms. The number of thiol groups is 1. The molecule has 0 spiro atoms. The fourth-order valence-corrected chi connectivity index (χ4v) is 3.36. The van der Waals surface area contributed by atoms with Crippen molar-refractivity contribution in [3.05, 3.63) is 29.6 Å². The number of anilines is 2. The van der Waals surface area contributed by atoms with E-state index in [4.69, 9.17) is 14.4 Å². The van der Waals surface area contributed by atoms with Gasteiger partial charge in [0.25, 0.3) is 0 Å². The van der Waals surface area contributed by atoms with Crippen molar-refractivity contribution in [3.63, 3.8) is 0 Å². The molecule has 0 unspecified atom stereocenters. The van der Waals surface area contributed by atoms with Crippen LogP contribution in [0, 0.1) is 11.3 Å². The molecule has 0 aliphatic heterocycles. The molecule has 3 rings (SSSR count). The average molecular weight is 371 g/mol. The molecule has 0 saturated heterocycles. The molecule has 6 nitrogen and oxygen atoms in total. The highest BCUT2D eigenvalue weighted by molar-refractivity contribution is 7.75. The first-order chi connectivity index (χ1) is 12.1. The van der Waals surface area contributed by atoms with Crippen LogP contribution in [0.25, 0.3) is 22.3 Å². The lowest BCUT2D eigenvalue weighted by Gasteiger charge is -2.09. The minimum atomic E-state index is 0.234. The molecule has 0 atom stereocenters. The maximum atomic E-state index is 8.71. The first-order valence-electron chi connectivity index (χ1n) is 7.70. The summed E-state index contributed by atoms with van der Waals surface area (Å²) in [4.78, 5) is 9.28. The van der Waals surface area contributed by atoms with Gasteiger partial charge in [-0.1, -0.05) is 0 Å². The van der Waals surface area contributed by atoms with Crippen LogP contribution in [0.1, 0.15) is 13.8 Å². The molecule has 1 aromatic carbocycles. The zero-order chi connectivity index (χ0) is 17.8. The van der Waals surface area contributed by atoms with Gasteiger partial charge in [0.1, 0.15) is 18.0 Å². The van der Waals surface area contributed by atoms with Crippen LogP contribution in [0.3, 0.4) is 0 Å². The fraction of sp³-hybridized carbons (Fsp3) is 0.235. The van der Waals surface area contributed by atoms with Crippen LogP contribution in [0.5, 0.6) is 5.75 Å². The second-order valence-electron chi connectivity index (χ2n) is 5.68. The molecular weight excluding hydrogens is 354 g/mol. The molecular formula is C17H17N5OS2. The minimum absolute atomic E-state index is 0.234. The number of fused-ring (bicyclic) bond motifs is 1. The molecule has 3 aromatic rings. The summed E-state index contributed by atoms with van der Waals surface area (Å²) in [5.74, 6) is 0.613. The lowest BCUT2D eigenvalue weighted by molar-refractivity contribution is 0.666. The Bertz CT molecular complexity index is 932. The molecule has 0 bridgehead atoms. The predicted octanol–water partition coefficient (Wildman–Crippen LogP) is 4.34. The van der Waals surface area contributed by atoms with Crippen molar-refractivity contribution in [2.45, 2.75) is 19.9 Å². The van der Waals surface area contributed by atoms with E-state index in [0.29, 0.717) is 17.5 Å². The van der Waals surface area contributed by atoms with Gasteiger partial charge in [-0.3, -0.25) is 0 Å². The molecule has 8 heteroatoms. The van der Waals surface area contributed by atoms with Crippen LogP contribution < -0.4 is 14.8 Å². The fourth-order valence-electron chi connectivity index (χ4n) is 2.36. The molecule has 2 aromatic heterocycles. The zero-order valence-corrected chi connectivity index (χ0v) is 15.5. The Hall–Kier alpha value is -2.50. The summed E-state index contributed by atoms with van der Waals surface area (Å²) in [5.41, 5.74) is 3.05. The second-order valence-corrected chi connectivity index (χ2v) is 6.72. The summed E-state index contributed by atoms with van der Waals surface area (Å²) in [7, 11) is 0. The number of hydrogen-bond acceptors (Lipinski definition) is 8. The van der Waals surface area contributed by atoms with E-state index in [9.17, 15) is 0 Å². The van der Waals surface area contributed by atoms with E-state index in [1.165, 1.54) is 11.3 Å². The third-order valence-corrected chi connectivity index (χ3v) is 4.39. The number of benzene rings is 1. The number of nitrogens with one attached hydrogen (secondary N) is 2. The highest BCUT2D eigenvalue weighted by Gasteiger charge is 2.12. The number of nitrogens with zero attached hydrogens (tertiary/aromatic N) is 3. The first kappa shape index (κ1) is 17.3. The van der Waals surface area contributed by atoms with E-state index in [1.54, 1.807) is 0 Å². The predicted molar refractivity (Wildman–Crippen MR) is 105 cm³/mol. The van der Waals surface area contributed by atoms with E-state index in [-0.39, 0.29) is 6.54 Å². The van der Waals surface area contributed by atoms with Crippen molar-refractivity contribution in [1.29, 1.82) is 5.26 Å².